The zero-order valence-corrected chi connectivity index (χ0v) is 16.4. The molecular formula is C21H15F4N5O2. The largest absolute Gasteiger partial charge is 0.436 e. The molecule has 0 aliphatic carbocycles. The Kier molecular flexibility index (Phi) is 5.17. The SMILES string of the molecule is CNC(=O)c1cc(-c2nccc3c(Nc4ccc(F)c(C(F)(F)F)c4)c(N)oc23)ccn1. The third kappa shape index (κ3) is 3.80. The molecule has 0 atom stereocenters. The monoisotopic (exact) mass is 445 g/mol. The number of benzene rings is 1. The first-order valence-electron chi connectivity index (χ1n) is 9.18. The molecular weight excluding hydrogens is 430 g/mol. The van der Waals surface area contributed by atoms with E-state index in [1.54, 1.807) is 12.1 Å². The van der Waals surface area contributed by atoms with Gasteiger partial charge in [0.15, 0.2) is 5.58 Å². The van der Waals surface area contributed by atoms with Crippen LogP contribution in [-0.2, 0) is 6.18 Å². The number of pyridine rings is 2. The number of hydrogen-bond donors (Lipinski definition) is 3. The van der Waals surface area contributed by atoms with Crippen LogP contribution in [0.2, 0.25) is 0 Å². The van der Waals surface area contributed by atoms with Gasteiger partial charge in [-0.3, -0.25) is 14.8 Å². The summed E-state index contributed by atoms with van der Waals surface area (Å²) < 4.78 is 58.4. The highest BCUT2D eigenvalue weighted by atomic mass is 19.4. The van der Waals surface area contributed by atoms with Crippen molar-refractivity contribution in [1.29, 1.82) is 0 Å². The minimum atomic E-state index is -4.85. The Bertz CT molecular complexity index is 1330. The molecule has 11 heteroatoms. The first-order chi connectivity index (χ1) is 15.2. The molecule has 0 saturated heterocycles. The fraction of sp³-hybridized carbons (Fsp3) is 0.0952. The zero-order chi connectivity index (χ0) is 23.0. The molecule has 4 N–H and O–H groups in total. The van der Waals surface area contributed by atoms with Crippen molar-refractivity contribution in [2.75, 3.05) is 18.1 Å². The molecule has 1 amide bonds. The number of rotatable bonds is 4. The fourth-order valence-electron chi connectivity index (χ4n) is 3.17. The Morgan fingerprint density at radius 1 is 1.09 bits per heavy atom. The Morgan fingerprint density at radius 2 is 1.84 bits per heavy atom. The standard InChI is InChI=1S/C21H15F4N5O2/c1-27-20(31)15-8-10(4-6-28-15)16-18-12(5-7-29-16)17(19(26)32-18)30-11-2-3-14(22)13(9-11)21(23,24)25/h2-9,30H,26H2,1H3,(H,27,31). The van der Waals surface area contributed by atoms with E-state index in [-0.39, 0.29) is 28.5 Å². The third-order valence-corrected chi connectivity index (χ3v) is 4.67. The number of hydrogen-bond acceptors (Lipinski definition) is 6. The smallest absolute Gasteiger partial charge is 0.419 e. The molecule has 0 fully saturated rings. The molecule has 0 aliphatic rings. The van der Waals surface area contributed by atoms with E-state index in [1.807, 2.05) is 0 Å². The molecule has 0 radical (unpaired) electrons. The Balaban J connectivity index is 1.79. The maximum absolute atomic E-state index is 13.6. The summed E-state index contributed by atoms with van der Waals surface area (Å²) in [5.74, 6) is -1.88. The number of fused-ring (bicyclic) bond motifs is 1. The number of nitrogen functional groups attached to an aromatic ring is 1. The molecule has 1 aromatic carbocycles. The molecule has 0 bridgehead atoms. The van der Waals surface area contributed by atoms with Crippen LogP contribution in [0.4, 0.5) is 34.8 Å². The number of nitrogens with two attached hydrogens (primary N) is 1. The second-order valence-electron chi connectivity index (χ2n) is 6.70. The van der Waals surface area contributed by atoms with Crippen molar-refractivity contribution in [2.45, 2.75) is 6.18 Å². The Hall–Kier alpha value is -4.15. The maximum Gasteiger partial charge on any atom is 0.419 e. The average Bonchev–Trinajstić information content (AvgIpc) is 3.08. The van der Waals surface area contributed by atoms with Crippen molar-refractivity contribution in [1.82, 2.24) is 15.3 Å². The number of amides is 1. The molecule has 7 nitrogen and oxygen atoms in total. The summed E-state index contributed by atoms with van der Waals surface area (Å²) in [6.45, 7) is 0. The minimum absolute atomic E-state index is 0.0303. The van der Waals surface area contributed by atoms with E-state index < -0.39 is 23.5 Å². The lowest BCUT2D eigenvalue weighted by Crippen LogP contribution is -2.19. The second kappa shape index (κ2) is 7.84. The van der Waals surface area contributed by atoms with E-state index in [1.165, 1.54) is 25.5 Å². The van der Waals surface area contributed by atoms with Gasteiger partial charge >= 0.3 is 6.18 Å². The van der Waals surface area contributed by atoms with Crippen LogP contribution in [0.5, 0.6) is 0 Å². The summed E-state index contributed by atoms with van der Waals surface area (Å²) in [4.78, 5) is 20.2. The van der Waals surface area contributed by atoms with Crippen LogP contribution >= 0.6 is 0 Å². The number of furan rings is 1. The van der Waals surface area contributed by atoms with Gasteiger partial charge in [0.05, 0.1) is 10.9 Å². The molecule has 4 aromatic rings. The second-order valence-corrected chi connectivity index (χ2v) is 6.70. The number of nitrogens with one attached hydrogen (secondary N) is 2. The summed E-state index contributed by atoms with van der Waals surface area (Å²) >= 11 is 0. The molecule has 4 rings (SSSR count). The number of nitrogens with zero attached hydrogens (tertiary/aromatic N) is 2. The minimum Gasteiger partial charge on any atom is -0.436 e. The van der Waals surface area contributed by atoms with Crippen LogP contribution in [0.25, 0.3) is 22.2 Å². The number of carbonyl (C=O) groups excluding carboxylic acids is 1. The maximum atomic E-state index is 13.6. The van der Waals surface area contributed by atoms with E-state index in [0.29, 0.717) is 28.8 Å². The molecule has 0 aliphatic heterocycles. The van der Waals surface area contributed by atoms with Crippen molar-refractivity contribution >= 4 is 34.1 Å². The van der Waals surface area contributed by atoms with E-state index >= 15 is 0 Å². The molecule has 3 aromatic heterocycles. The normalized spacial score (nSPS) is 11.5. The van der Waals surface area contributed by atoms with Gasteiger partial charge in [0, 0.05) is 30.7 Å². The van der Waals surface area contributed by atoms with Crippen molar-refractivity contribution in [3.63, 3.8) is 0 Å². The average molecular weight is 445 g/mol. The number of aromatic nitrogens is 2. The van der Waals surface area contributed by atoms with Crippen LogP contribution in [0.3, 0.4) is 0 Å². The van der Waals surface area contributed by atoms with Crippen LogP contribution < -0.4 is 16.4 Å². The first-order valence-corrected chi connectivity index (χ1v) is 9.18. The lowest BCUT2D eigenvalue weighted by atomic mass is 10.1. The van der Waals surface area contributed by atoms with E-state index in [9.17, 15) is 22.4 Å². The van der Waals surface area contributed by atoms with Gasteiger partial charge in [-0.2, -0.15) is 13.2 Å². The van der Waals surface area contributed by atoms with E-state index in [4.69, 9.17) is 10.2 Å². The highest BCUT2D eigenvalue weighted by Crippen LogP contribution is 2.40. The molecule has 0 unspecified atom stereocenters. The Morgan fingerprint density at radius 3 is 2.56 bits per heavy atom. The third-order valence-electron chi connectivity index (χ3n) is 4.67. The summed E-state index contributed by atoms with van der Waals surface area (Å²) in [5.41, 5.74) is 6.01. The van der Waals surface area contributed by atoms with Gasteiger partial charge in [0.2, 0.25) is 5.88 Å². The predicted octanol–water partition coefficient (Wildman–Crippen LogP) is 4.73. The molecule has 0 spiro atoms. The van der Waals surface area contributed by atoms with Gasteiger partial charge in [-0.05, 0) is 36.4 Å². The quantitative estimate of drug-likeness (QED) is 0.392. The number of halogens is 4. The topological polar surface area (TPSA) is 106 Å². The van der Waals surface area contributed by atoms with Crippen molar-refractivity contribution in [3.05, 3.63) is 65.9 Å². The van der Waals surface area contributed by atoms with Crippen molar-refractivity contribution in [2.24, 2.45) is 0 Å². The lowest BCUT2D eigenvalue weighted by Gasteiger charge is -2.11. The highest BCUT2D eigenvalue weighted by Gasteiger charge is 2.34. The summed E-state index contributed by atoms with van der Waals surface area (Å²) in [6, 6.07) is 7.22. The van der Waals surface area contributed by atoms with Crippen molar-refractivity contribution in [3.8, 4) is 11.3 Å². The number of anilines is 3. The van der Waals surface area contributed by atoms with E-state index in [0.717, 1.165) is 6.07 Å². The van der Waals surface area contributed by atoms with Gasteiger partial charge in [0.25, 0.3) is 5.91 Å². The molecule has 0 saturated carbocycles. The van der Waals surface area contributed by atoms with Gasteiger partial charge in [-0.25, -0.2) is 4.39 Å². The summed E-state index contributed by atoms with van der Waals surface area (Å²) in [6.07, 6.45) is -1.96. The van der Waals surface area contributed by atoms with Gasteiger partial charge in [-0.1, -0.05) is 0 Å². The molecule has 3 heterocycles. The summed E-state index contributed by atoms with van der Waals surface area (Å²) in [7, 11) is 1.47. The first kappa shape index (κ1) is 21.1. The summed E-state index contributed by atoms with van der Waals surface area (Å²) in [5, 5.41) is 5.67. The fourth-order valence-corrected chi connectivity index (χ4v) is 3.17. The zero-order valence-electron chi connectivity index (χ0n) is 16.4. The predicted molar refractivity (Wildman–Crippen MR) is 110 cm³/mol. The Labute approximate surface area is 178 Å². The van der Waals surface area contributed by atoms with Crippen LogP contribution in [0.1, 0.15) is 16.1 Å². The number of carbonyl (C=O) groups is 1. The van der Waals surface area contributed by atoms with E-state index in [2.05, 4.69) is 20.6 Å². The van der Waals surface area contributed by atoms with Gasteiger partial charge < -0.3 is 20.8 Å². The van der Waals surface area contributed by atoms with Gasteiger partial charge in [0.1, 0.15) is 22.9 Å². The number of alkyl halides is 3. The lowest BCUT2D eigenvalue weighted by molar-refractivity contribution is -0.139. The van der Waals surface area contributed by atoms with Crippen LogP contribution in [-0.4, -0.2) is 22.9 Å². The van der Waals surface area contributed by atoms with Crippen LogP contribution in [0, 0.1) is 5.82 Å². The van der Waals surface area contributed by atoms with Crippen LogP contribution in [0.15, 0.2) is 53.2 Å². The highest BCUT2D eigenvalue weighted by molar-refractivity contribution is 6.04. The van der Waals surface area contributed by atoms with Crippen molar-refractivity contribution < 1.29 is 26.8 Å². The molecule has 32 heavy (non-hydrogen) atoms. The molecule has 164 valence electrons. The van der Waals surface area contributed by atoms with Gasteiger partial charge in [-0.15, -0.1) is 0 Å².